The summed E-state index contributed by atoms with van der Waals surface area (Å²) >= 11 is 5.44. The smallest absolute Gasteiger partial charge is 0.162 e. The van der Waals surface area contributed by atoms with E-state index in [2.05, 4.69) is 38.5 Å². The van der Waals surface area contributed by atoms with Crippen LogP contribution in [-0.2, 0) is 0 Å². The summed E-state index contributed by atoms with van der Waals surface area (Å²) in [4.78, 5) is 11.3. The fraction of sp³-hybridized carbons (Fsp3) is 0.222. The highest BCUT2D eigenvalue weighted by Crippen LogP contribution is 2.30. The summed E-state index contributed by atoms with van der Waals surface area (Å²) in [5, 5.41) is 0. The minimum Gasteiger partial charge on any atom is -0.496 e. The van der Waals surface area contributed by atoms with Crippen LogP contribution >= 0.6 is 38.5 Å². The van der Waals surface area contributed by atoms with E-state index in [1.54, 1.807) is 14.0 Å². The molecule has 0 N–H and O–H groups in total. The predicted molar refractivity (Wildman–Crippen MR) is 63.4 cm³/mol. The molecule has 0 aliphatic rings. The highest BCUT2D eigenvalue weighted by Gasteiger charge is 2.13. The average Bonchev–Trinajstić information content (AvgIpc) is 2.04. The summed E-state index contributed by atoms with van der Waals surface area (Å²) in [6, 6.07) is 3.65. The number of hydrogen-bond acceptors (Lipinski definition) is 2. The molecule has 0 aliphatic carbocycles. The minimum atomic E-state index is 0.0372. The molecule has 0 atom stereocenters. The van der Waals surface area contributed by atoms with Crippen LogP contribution in [0, 0.1) is 3.57 Å². The van der Waals surface area contributed by atoms with Gasteiger partial charge in [0, 0.05) is 10.0 Å². The maximum Gasteiger partial charge on any atom is 0.162 e. The Labute approximate surface area is 98.9 Å². The molecule has 0 saturated heterocycles. The Bertz CT molecular complexity index is 350. The third kappa shape index (κ3) is 2.22. The molecular weight excluding hydrogens is 347 g/mol. The monoisotopic (exact) mass is 354 g/mol. The second-order valence-corrected chi connectivity index (χ2v) is 4.43. The normalized spacial score (nSPS) is 9.85. The zero-order chi connectivity index (χ0) is 10.0. The lowest BCUT2D eigenvalue weighted by molar-refractivity contribution is 0.101. The molecule has 0 saturated carbocycles. The van der Waals surface area contributed by atoms with Gasteiger partial charge < -0.3 is 4.74 Å². The number of rotatable bonds is 2. The van der Waals surface area contributed by atoms with Crippen molar-refractivity contribution in [3.05, 3.63) is 25.7 Å². The number of halogens is 2. The van der Waals surface area contributed by atoms with Crippen molar-refractivity contribution in [1.29, 1.82) is 0 Å². The molecule has 0 aromatic heterocycles. The van der Waals surface area contributed by atoms with Crippen molar-refractivity contribution in [2.24, 2.45) is 0 Å². The quantitative estimate of drug-likeness (QED) is 0.602. The molecule has 0 bridgehead atoms. The number of benzene rings is 1. The van der Waals surface area contributed by atoms with Gasteiger partial charge in [-0.2, -0.15) is 0 Å². The van der Waals surface area contributed by atoms with Crippen molar-refractivity contribution < 1.29 is 9.53 Å². The van der Waals surface area contributed by atoms with Gasteiger partial charge in [-0.05, 0) is 41.6 Å². The lowest BCUT2D eigenvalue weighted by atomic mass is 10.1. The summed E-state index contributed by atoms with van der Waals surface area (Å²) in [6.07, 6.45) is 0. The number of ketones is 1. The molecule has 0 spiro atoms. The first kappa shape index (κ1) is 11.0. The number of carbonyl (C=O) groups is 1. The molecule has 1 rings (SSSR count). The van der Waals surface area contributed by atoms with Crippen LogP contribution in [0.1, 0.15) is 17.3 Å². The Morgan fingerprint density at radius 2 is 2.15 bits per heavy atom. The molecule has 2 nitrogen and oxygen atoms in total. The summed E-state index contributed by atoms with van der Waals surface area (Å²) in [7, 11) is 1.59. The highest BCUT2D eigenvalue weighted by molar-refractivity contribution is 14.1. The van der Waals surface area contributed by atoms with Gasteiger partial charge in [0.05, 0.1) is 10.7 Å². The lowest BCUT2D eigenvalue weighted by Crippen LogP contribution is -2.00. The second kappa shape index (κ2) is 4.41. The van der Waals surface area contributed by atoms with Gasteiger partial charge in [0.15, 0.2) is 5.78 Å². The van der Waals surface area contributed by atoms with E-state index in [0.29, 0.717) is 5.56 Å². The maximum atomic E-state index is 11.3. The van der Waals surface area contributed by atoms with Crippen molar-refractivity contribution in [2.75, 3.05) is 7.11 Å². The van der Waals surface area contributed by atoms with Gasteiger partial charge in [0.25, 0.3) is 0 Å². The molecule has 13 heavy (non-hydrogen) atoms. The first-order valence-corrected chi connectivity index (χ1v) is 5.48. The van der Waals surface area contributed by atoms with Crippen molar-refractivity contribution in [3.63, 3.8) is 0 Å². The van der Waals surface area contributed by atoms with E-state index in [-0.39, 0.29) is 5.78 Å². The van der Waals surface area contributed by atoms with Crippen LogP contribution in [-0.4, -0.2) is 12.9 Å². The summed E-state index contributed by atoms with van der Waals surface area (Å²) in [6.45, 7) is 1.54. The predicted octanol–water partition coefficient (Wildman–Crippen LogP) is 3.26. The van der Waals surface area contributed by atoms with Crippen molar-refractivity contribution in [2.45, 2.75) is 6.92 Å². The minimum absolute atomic E-state index is 0.0372. The number of carbonyl (C=O) groups excluding carboxylic acids is 1. The molecule has 1 aromatic carbocycles. The van der Waals surface area contributed by atoms with Gasteiger partial charge in [0.1, 0.15) is 5.75 Å². The second-order valence-electron chi connectivity index (χ2n) is 2.49. The van der Waals surface area contributed by atoms with Crippen LogP contribution in [0.5, 0.6) is 5.75 Å². The number of Topliss-reactive ketones (excluding diaryl/α,β-unsaturated/α-hetero) is 1. The molecule has 0 radical (unpaired) electrons. The van der Waals surface area contributed by atoms with Gasteiger partial charge in [-0.3, -0.25) is 4.79 Å². The highest BCUT2D eigenvalue weighted by atomic mass is 127. The van der Waals surface area contributed by atoms with Gasteiger partial charge >= 0.3 is 0 Å². The van der Waals surface area contributed by atoms with E-state index in [1.165, 1.54) is 0 Å². The first-order valence-electron chi connectivity index (χ1n) is 3.61. The third-order valence-electron chi connectivity index (χ3n) is 1.63. The van der Waals surface area contributed by atoms with Crippen LogP contribution < -0.4 is 4.74 Å². The van der Waals surface area contributed by atoms with Gasteiger partial charge in [0.2, 0.25) is 0 Å². The molecule has 0 unspecified atom stereocenters. The van der Waals surface area contributed by atoms with Crippen LogP contribution in [0.3, 0.4) is 0 Å². The van der Waals surface area contributed by atoms with Gasteiger partial charge in [-0.1, -0.05) is 15.9 Å². The molecular formula is C9H8BrIO2. The fourth-order valence-electron chi connectivity index (χ4n) is 1.01. The maximum absolute atomic E-state index is 11.3. The molecule has 0 heterocycles. The van der Waals surface area contributed by atoms with Crippen LogP contribution in [0.4, 0.5) is 0 Å². The zero-order valence-electron chi connectivity index (χ0n) is 7.23. The zero-order valence-corrected chi connectivity index (χ0v) is 11.0. The topological polar surface area (TPSA) is 26.3 Å². The average molecular weight is 355 g/mol. The Kier molecular flexibility index (Phi) is 3.73. The molecule has 0 aliphatic heterocycles. The third-order valence-corrected chi connectivity index (χ3v) is 3.36. The molecule has 1 aromatic rings. The van der Waals surface area contributed by atoms with E-state index in [1.807, 2.05) is 12.1 Å². The van der Waals surface area contributed by atoms with Crippen molar-refractivity contribution >= 4 is 44.3 Å². The number of methoxy groups -OCH3 is 1. The largest absolute Gasteiger partial charge is 0.496 e. The van der Waals surface area contributed by atoms with Crippen molar-refractivity contribution in [3.8, 4) is 5.75 Å². The Hall–Kier alpha value is -0.100. The lowest BCUT2D eigenvalue weighted by Gasteiger charge is -2.08. The standard InChI is InChI=1S/C9H8BrIO2/c1-5(12)8-6(10)3-4-7(13-2)9(8)11/h3-4H,1-2H3. The summed E-state index contributed by atoms with van der Waals surface area (Å²) in [5.74, 6) is 0.768. The molecule has 0 fully saturated rings. The Morgan fingerprint density at radius 3 is 2.62 bits per heavy atom. The van der Waals surface area contributed by atoms with Crippen LogP contribution in [0.25, 0.3) is 0 Å². The number of hydrogen-bond donors (Lipinski definition) is 0. The van der Waals surface area contributed by atoms with Gasteiger partial charge in [-0.15, -0.1) is 0 Å². The van der Waals surface area contributed by atoms with Crippen LogP contribution in [0.2, 0.25) is 0 Å². The first-order chi connectivity index (χ1) is 6.07. The van der Waals surface area contributed by atoms with E-state index in [0.717, 1.165) is 13.8 Å². The van der Waals surface area contributed by atoms with Crippen molar-refractivity contribution in [1.82, 2.24) is 0 Å². The summed E-state index contributed by atoms with van der Waals surface area (Å²) in [5.41, 5.74) is 0.681. The molecule has 4 heteroatoms. The Morgan fingerprint density at radius 1 is 1.54 bits per heavy atom. The molecule has 70 valence electrons. The SMILES string of the molecule is COc1ccc(Br)c(C(C)=O)c1I. The van der Waals surface area contributed by atoms with Gasteiger partial charge in [-0.25, -0.2) is 0 Å². The fourth-order valence-corrected chi connectivity index (χ4v) is 3.06. The van der Waals surface area contributed by atoms with Crippen LogP contribution in [0.15, 0.2) is 16.6 Å². The molecule has 0 amide bonds. The van der Waals surface area contributed by atoms with E-state index < -0.39 is 0 Å². The Balaban J connectivity index is 3.38. The van der Waals surface area contributed by atoms with E-state index in [4.69, 9.17) is 4.74 Å². The van der Waals surface area contributed by atoms with E-state index in [9.17, 15) is 4.79 Å². The van der Waals surface area contributed by atoms with E-state index >= 15 is 0 Å². The summed E-state index contributed by atoms with van der Waals surface area (Å²) < 4.78 is 6.77. The number of ether oxygens (including phenoxy) is 1.